The lowest BCUT2D eigenvalue weighted by atomic mass is 10.1. The first kappa shape index (κ1) is 20.0. The Bertz CT molecular complexity index is 718. The van der Waals surface area contributed by atoms with E-state index in [0.29, 0.717) is 18.9 Å². The zero-order valence-corrected chi connectivity index (χ0v) is 16.4. The summed E-state index contributed by atoms with van der Waals surface area (Å²) < 4.78 is 14.0. The molecule has 0 radical (unpaired) electrons. The largest absolute Gasteiger partial charge is 0.396 e. The van der Waals surface area contributed by atoms with Crippen LogP contribution in [0.4, 0.5) is 4.39 Å². The van der Waals surface area contributed by atoms with E-state index >= 15 is 0 Å². The summed E-state index contributed by atoms with van der Waals surface area (Å²) >= 11 is 0. The highest BCUT2D eigenvalue weighted by molar-refractivity contribution is 5.17. The van der Waals surface area contributed by atoms with Gasteiger partial charge in [0.2, 0.25) is 0 Å². The Kier molecular flexibility index (Phi) is 6.99. The third-order valence-electron chi connectivity index (χ3n) is 5.18. The summed E-state index contributed by atoms with van der Waals surface area (Å²) in [5.74, 6) is 0.440. The SMILES string of the molecule is CC(C)Cc1cc(CN2CCN(Cc3ccccc3F)C(CCO)C2)[nH]n1. The molecular weight excluding hydrogens is 343 g/mol. The molecule has 6 heteroatoms. The predicted octanol–water partition coefficient (Wildman–Crippen LogP) is 2.82. The molecule has 0 aliphatic carbocycles. The first-order valence-corrected chi connectivity index (χ1v) is 9.89. The second-order valence-electron chi connectivity index (χ2n) is 7.95. The molecule has 1 fully saturated rings. The molecule has 0 amide bonds. The van der Waals surface area contributed by atoms with E-state index in [2.05, 4.69) is 39.9 Å². The van der Waals surface area contributed by atoms with Crippen molar-refractivity contribution in [2.75, 3.05) is 26.2 Å². The molecule has 2 heterocycles. The maximum absolute atomic E-state index is 14.0. The molecule has 1 atom stereocenters. The van der Waals surface area contributed by atoms with Gasteiger partial charge in [-0.1, -0.05) is 32.0 Å². The highest BCUT2D eigenvalue weighted by atomic mass is 19.1. The molecule has 0 spiro atoms. The van der Waals surface area contributed by atoms with Crippen LogP contribution < -0.4 is 0 Å². The number of rotatable bonds is 8. The molecule has 2 N–H and O–H groups in total. The lowest BCUT2D eigenvalue weighted by Crippen LogP contribution is -2.52. The summed E-state index contributed by atoms with van der Waals surface area (Å²) in [6, 6.07) is 9.34. The Morgan fingerprint density at radius 2 is 2.07 bits per heavy atom. The van der Waals surface area contributed by atoms with E-state index in [-0.39, 0.29) is 18.5 Å². The number of nitrogens with one attached hydrogen (secondary N) is 1. The Balaban J connectivity index is 1.60. The van der Waals surface area contributed by atoms with Crippen LogP contribution in [-0.2, 0) is 19.5 Å². The molecule has 3 rings (SSSR count). The van der Waals surface area contributed by atoms with E-state index in [1.165, 1.54) is 6.07 Å². The molecule has 1 saturated heterocycles. The van der Waals surface area contributed by atoms with Gasteiger partial charge in [-0.15, -0.1) is 0 Å². The van der Waals surface area contributed by atoms with Crippen molar-refractivity contribution in [3.63, 3.8) is 0 Å². The molecule has 1 aliphatic heterocycles. The maximum Gasteiger partial charge on any atom is 0.127 e. The second-order valence-corrected chi connectivity index (χ2v) is 7.95. The fourth-order valence-electron chi connectivity index (χ4n) is 3.83. The maximum atomic E-state index is 14.0. The van der Waals surface area contributed by atoms with Crippen LogP contribution in [0.15, 0.2) is 30.3 Å². The summed E-state index contributed by atoms with van der Waals surface area (Å²) in [4.78, 5) is 4.69. The van der Waals surface area contributed by atoms with Crippen molar-refractivity contribution in [1.82, 2.24) is 20.0 Å². The van der Waals surface area contributed by atoms with Crippen molar-refractivity contribution in [2.45, 2.75) is 45.8 Å². The van der Waals surface area contributed by atoms with Gasteiger partial charge in [-0.2, -0.15) is 5.10 Å². The van der Waals surface area contributed by atoms with E-state index in [4.69, 9.17) is 0 Å². The summed E-state index contributed by atoms with van der Waals surface area (Å²) in [5.41, 5.74) is 2.97. The standard InChI is InChI=1S/C21H31FN4O/c1-16(2)11-18-12-19(24-23-18)14-25-8-9-26(20(15-25)7-10-27)13-17-5-3-4-6-21(17)22/h3-6,12,16,20,27H,7-11,13-15H2,1-2H3,(H,23,24). The molecule has 0 bridgehead atoms. The van der Waals surface area contributed by atoms with Crippen LogP contribution in [0.1, 0.15) is 37.2 Å². The minimum Gasteiger partial charge on any atom is -0.396 e. The van der Waals surface area contributed by atoms with Crippen molar-refractivity contribution >= 4 is 0 Å². The molecule has 148 valence electrons. The first-order chi connectivity index (χ1) is 13.0. The van der Waals surface area contributed by atoms with Crippen LogP contribution in [0.2, 0.25) is 0 Å². The molecular formula is C21H31FN4O. The van der Waals surface area contributed by atoms with Gasteiger partial charge in [-0.05, 0) is 30.9 Å². The topological polar surface area (TPSA) is 55.4 Å². The Morgan fingerprint density at radius 1 is 1.26 bits per heavy atom. The van der Waals surface area contributed by atoms with Crippen molar-refractivity contribution in [3.05, 3.63) is 53.1 Å². The number of hydrogen-bond donors (Lipinski definition) is 2. The van der Waals surface area contributed by atoms with Crippen LogP contribution in [-0.4, -0.2) is 57.4 Å². The van der Waals surface area contributed by atoms with Crippen molar-refractivity contribution < 1.29 is 9.50 Å². The second kappa shape index (κ2) is 9.44. The molecule has 1 aliphatic rings. The van der Waals surface area contributed by atoms with Crippen molar-refractivity contribution in [1.29, 1.82) is 0 Å². The molecule has 2 aromatic rings. The quantitative estimate of drug-likeness (QED) is 0.746. The van der Waals surface area contributed by atoms with E-state index in [9.17, 15) is 9.50 Å². The van der Waals surface area contributed by atoms with Crippen molar-refractivity contribution in [2.24, 2.45) is 5.92 Å². The number of nitrogens with zero attached hydrogens (tertiary/aromatic N) is 3. The van der Waals surface area contributed by atoms with Gasteiger partial charge in [-0.3, -0.25) is 14.9 Å². The van der Waals surface area contributed by atoms with Crippen LogP contribution in [0, 0.1) is 11.7 Å². The van der Waals surface area contributed by atoms with Gasteiger partial charge in [-0.25, -0.2) is 4.39 Å². The van der Waals surface area contributed by atoms with Crippen LogP contribution in [0.25, 0.3) is 0 Å². The lowest BCUT2D eigenvalue weighted by Gasteiger charge is -2.41. The summed E-state index contributed by atoms with van der Waals surface area (Å²) in [6.45, 7) is 8.63. The van der Waals surface area contributed by atoms with Gasteiger partial charge >= 0.3 is 0 Å². The normalized spacial score (nSPS) is 19.1. The van der Waals surface area contributed by atoms with Crippen LogP contribution in [0.3, 0.4) is 0 Å². The lowest BCUT2D eigenvalue weighted by molar-refractivity contribution is 0.0487. The zero-order chi connectivity index (χ0) is 19.2. The van der Waals surface area contributed by atoms with Gasteiger partial charge in [0, 0.05) is 56.6 Å². The zero-order valence-electron chi connectivity index (χ0n) is 16.4. The average Bonchev–Trinajstić information content (AvgIpc) is 3.05. The minimum absolute atomic E-state index is 0.148. The smallest absolute Gasteiger partial charge is 0.127 e. The number of piperazine rings is 1. The van der Waals surface area contributed by atoms with E-state index in [1.807, 2.05) is 12.1 Å². The number of H-pyrrole nitrogens is 1. The third kappa shape index (κ3) is 5.61. The number of benzene rings is 1. The number of halogens is 1. The predicted molar refractivity (Wildman–Crippen MR) is 105 cm³/mol. The van der Waals surface area contributed by atoms with Crippen LogP contribution >= 0.6 is 0 Å². The fourth-order valence-corrected chi connectivity index (χ4v) is 3.83. The summed E-state index contributed by atoms with van der Waals surface area (Å²) in [6.07, 6.45) is 1.69. The molecule has 1 aromatic heterocycles. The monoisotopic (exact) mass is 374 g/mol. The fraction of sp³-hybridized carbons (Fsp3) is 0.571. The molecule has 1 aromatic carbocycles. The third-order valence-corrected chi connectivity index (χ3v) is 5.18. The Labute approximate surface area is 161 Å². The van der Waals surface area contributed by atoms with E-state index in [1.54, 1.807) is 6.07 Å². The van der Waals surface area contributed by atoms with Gasteiger partial charge in [0.05, 0.1) is 5.69 Å². The summed E-state index contributed by atoms with van der Waals surface area (Å²) in [5, 5.41) is 17.1. The Hall–Kier alpha value is -1.76. The van der Waals surface area contributed by atoms with E-state index in [0.717, 1.165) is 49.6 Å². The number of aromatic nitrogens is 2. The van der Waals surface area contributed by atoms with Gasteiger partial charge in [0.25, 0.3) is 0 Å². The minimum atomic E-state index is -0.155. The van der Waals surface area contributed by atoms with Crippen molar-refractivity contribution in [3.8, 4) is 0 Å². The first-order valence-electron chi connectivity index (χ1n) is 9.89. The van der Waals surface area contributed by atoms with Gasteiger partial charge in [0.1, 0.15) is 5.82 Å². The number of hydrogen-bond acceptors (Lipinski definition) is 4. The molecule has 0 saturated carbocycles. The number of aliphatic hydroxyl groups is 1. The van der Waals surface area contributed by atoms with Crippen LogP contribution in [0.5, 0.6) is 0 Å². The average molecular weight is 375 g/mol. The molecule has 5 nitrogen and oxygen atoms in total. The highest BCUT2D eigenvalue weighted by Crippen LogP contribution is 2.19. The van der Waals surface area contributed by atoms with E-state index < -0.39 is 0 Å². The van der Waals surface area contributed by atoms with Gasteiger partial charge in [0.15, 0.2) is 0 Å². The molecule has 27 heavy (non-hydrogen) atoms. The molecule has 1 unspecified atom stereocenters. The van der Waals surface area contributed by atoms with Gasteiger partial charge < -0.3 is 5.11 Å². The number of aliphatic hydroxyl groups excluding tert-OH is 1. The Morgan fingerprint density at radius 3 is 2.81 bits per heavy atom. The summed E-state index contributed by atoms with van der Waals surface area (Å²) in [7, 11) is 0. The number of aromatic amines is 1. The highest BCUT2D eigenvalue weighted by Gasteiger charge is 2.27.